The summed E-state index contributed by atoms with van der Waals surface area (Å²) in [6.07, 6.45) is -1.52. The molecule has 2 unspecified atom stereocenters. The van der Waals surface area contributed by atoms with E-state index in [9.17, 15) is 9.90 Å². The van der Waals surface area contributed by atoms with E-state index in [0.29, 0.717) is 13.0 Å². The number of nitrogens with one attached hydrogen (secondary N) is 2. The van der Waals surface area contributed by atoms with Crippen LogP contribution in [0, 0.1) is 0 Å². The summed E-state index contributed by atoms with van der Waals surface area (Å²) < 4.78 is 0. The Morgan fingerprint density at radius 3 is 2.21 bits per heavy atom. The number of amides is 1. The van der Waals surface area contributed by atoms with Gasteiger partial charge in [-0.15, -0.1) is 0 Å². The van der Waals surface area contributed by atoms with E-state index in [1.807, 2.05) is 67.6 Å². The summed E-state index contributed by atoms with van der Waals surface area (Å²) in [5, 5.41) is 25.1. The van der Waals surface area contributed by atoms with E-state index in [-0.39, 0.29) is 6.04 Å². The fraction of sp³-hybridized carbons (Fsp3) is 0.316. The first-order chi connectivity index (χ1) is 11.6. The van der Waals surface area contributed by atoms with Gasteiger partial charge < -0.3 is 20.8 Å². The van der Waals surface area contributed by atoms with Crippen molar-refractivity contribution in [1.29, 1.82) is 0 Å². The molecule has 0 heterocycles. The van der Waals surface area contributed by atoms with E-state index in [2.05, 4.69) is 10.6 Å². The first-order valence-electron chi connectivity index (χ1n) is 8.06. The Balaban J connectivity index is 1.94. The molecule has 5 nitrogen and oxygen atoms in total. The van der Waals surface area contributed by atoms with Gasteiger partial charge in [0.25, 0.3) is 0 Å². The normalized spacial score (nSPS) is 14.6. The zero-order chi connectivity index (χ0) is 17.4. The third-order valence-electron chi connectivity index (χ3n) is 4.00. The fourth-order valence-electron chi connectivity index (χ4n) is 2.61. The van der Waals surface area contributed by atoms with Crippen molar-refractivity contribution in [3.63, 3.8) is 0 Å². The van der Waals surface area contributed by atoms with Crippen molar-refractivity contribution in [2.24, 2.45) is 0 Å². The Bertz CT molecular complexity index is 619. The van der Waals surface area contributed by atoms with Crippen molar-refractivity contribution in [3.8, 4) is 0 Å². The molecule has 1 amide bonds. The molecular weight excluding hydrogens is 304 g/mol. The molecule has 5 heteroatoms. The fourth-order valence-corrected chi connectivity index (χ4v) is 2.61. The predicted molar refractivity (Wildman–Crippen MR) is 94.0 cm³/mol. The molecule has 128 valence electrons. The van der Waals surface area contributed by atoms with E-state index < -0.39 is 18.2 Å². The van der Waals surface area contributed by atoms with Crippen molar-refractivity contribution in [3.05, 3.63) is 71.8 Å². The summed E-state index contributed by atoms with van der Waals surface area (Å²) in [5.74, 6) is 0. The molecule has 2 rings (SSSR count). The number of hydrogen-bond donors (Lipinski definition) is 4. The van der Waals surface area contributed by atoms with Gasteiger partial charge in [0.05, 0.1) is 12.1 Å². The molecule has 2 aromatic rings. The molecule has 4 N–H and O–H groups in total. The van der Waals surface area contributed by atoms with Crippen LogP contribution in [-0.4, -0.2) is 35.0 Å². The lowest BCUT2D eigenvalue weighted by Crippen LogP contribution is -2.48. The molecular formula is C19H24N2O3. The van der Waals surface area contributed by atoms with E-state index in [0.717, 1.165) is 11.1 Å². The Hall–Kier alpha value is -2.37. The zero-order valence-corrected chi connectivity index (χ0v) is 13.7. The van der Waals surface area contributed by atoms with Crippen LogP contribution in [0.4, 0.5) is 4.79 Å². The minimum absolute atomic E-state index is 0.0723. The maximum atomic E-state index is 11.0. The van der Waals surface area contributed by atoms with Crippen molar-refractivity contribution in [2.45, 2.75) is 31.5 Å². The molecule has 0 aromatic heterocycles. The van der Waals surface area contributed by atoms with Crippen LogP contribution < -0.4 is 10.6 Å². The standard InChI is InChI=1S/C19H24N2O3/c1-14(16-10-6-3-7-11-16)20-13-18(22)17(21-19(23)24)12-15-8-4-2-5-9-15/h2-11,14,17-18,20-22H,12-13H2,1H3,(H,23,24)/t14-,17?,18?/m0/s1. The van der Waals surface area contributed by atoms with Gasteiger partial charge in [0, 0.05) is 12.6 Å². The second-order valence-electron chi connectivity index (χ2n) is 5.85. The number of rotatable bonds is 8. The Morgan fingerprint density at radius 1 is 1.04 bits per heavy atom. The monoisotopic (exact) mass is 328 g/mol. The van der Waals surface area contributed by atoms with Crippen LogP contribution in [0.2, 0.25) is 0 Å². The molecule has 0 saturated carbocycles. The third-order valence-corrected chi connectivity index (χ3v) is 4.00. The molecule has 24 heavy (non-hydrogen) atoms. The van der Waals surface area contributed by atoms with Crippen LogP contribution >= 0.6 is 0 Å². The highest BCUT2D eigenvalue weighted by Gasteiger charge is 2.22. The molecule has 0 fully saturated rings. The van der Waals surface area contributed by atoms with E-state index in [1.165, 1.54) is 0 Å². The average molecular weight is 328 g/mol. The van der Waals surface area contributed by atoms with Crippen molar-refractivity contribution in [1.82, 2.24) is 10.6 Å². The van der Waals surface area contributed by atoms with E-state index in [4.69, 9.17) is 5.11 Å². The van der Waals surface area contributed by atoms with Crippen LogP contribution in [0.5, 0.6) is 0 Å². The van der Waals surface area contributed by atoms with Gasteiger partial charge in [-0.2, -0.15) is 0 Å². The predicted octanol–water partition coefficient (Wildman–Crippen LogP) is 2.58. The highest BCUT2D eigenvalue weighted by molar-refractivity contribution is 5.65. The first kappa shape index (κ1) is 18.0. The quantitative estimate of drug-likeness (QED) is 0.600. The molecule has 2 aromatic carbocycles. The number of carbonyl (C=O) groups is 1. The first-order valence-corrected chi connectivity index (χ1v) is 8.06. The van der Waals surface area contributed by atoms with Crippen LogP contribution in [0.1, 0.15) is 24.1 Å². The van der Waals surface area contributed by atoms with Gasteiger partial charge in [-0.05, 0) is 24.5 Å². The smallest absolute Gasteiger partial charge is 0.404 e. The molecule has 0 aliphatic carbocycles. The molecule has 0 aliphatic rings. The number of aliphatic hydroxyl groups excluding tert-OH is 1. The van der Waals surface area contributed by atoms with Crippen molar-refractivity contribution >= 4 is 6.09 Å². The van der Waals surface area contributed by atoms with Gasteiger partial charge in [0.1, 0.15) is 0 Å². The maximum absolute atomic E-state index is 11.0. The minimum atomic E-state index is -1.13. The summed E-state index contributed by atoms with van der Waals surface area (Å²) in [5.41, 5.74) is 2.10. The van der Waals surface area contributed by atoms with Gasteiger partial charge in [-0.25, -0.2) is 4.79 Å². The summed E-state index contributed by atoms with van der Waals surface area (Å²) >= 11 is 0. The Morgan fingerprint density at radius 2 is 1.62 bits per heavy atom. The Kier molecular flexibility index (Phi) is 6.78. The molecule has 0 saturated heterocycles. The Labute approximate surface area is 142 Å². The average Bonchev–Trinajstić information content (AvgIpc) is 2.60. The number of aliphatic hydroxyl groups is 1. The summed E-state index contributed by atoms with van der Waals surface area (Å²) in [6, 6.07) is 19.0. The lowest BCUT2D eigenvalue weighted by molar-refractivity contribution is 0.115. The summed E-state index contributed by atoms with van der Waals surface area (Å²) in [6.45, 7) is 2.31. The maximum Gasteiger partial charge on any atom is 0.404 e. The summed E-state index contributed by atoms with van der Waals surface area (Å²) in [4.78, 5) is 11.0. The second kappa shape index (κ2) is 9.05. The van der Waals surface area contributed by atoms with Gasteiger partial charge in [-0.3, -0.25) is 0 Å². The number of hydrogen-bond acceptors (Lipinski definition) is 3. The second-order valence-corrected chi connectivity index (χ2v) is 5.85. The lowest BCUT2D eigenvalue weighted by Gasteiger charge is -2.25. The van der Waals surface area contributed by atoms with Gasteiger partial charge in [0.2, 0.25) is 0 Å². The highest BCUT2D eigenvalue weighted by atomic mass is 16.4. The van der Waals surface area contributed by atoms with Gasteiger partial charge >= 0.3 is 6.09 Å². The minimum Gasteiger partial charge on any atom is -0.465 e. The van der Waals surface area contributed by atoms with Crippen LogP contribution in [0.15, 0.2) is 60.7 Å². The van der Waals surface area contributed by atoms with Crippen LogP contribution in [0.25, 0.3) is 0 Å². The summed E-state index contributed by atoms with van der Waals surface area (Å²) in [7, 11) is 0. The molecule has 3 atom stereocenters. The largest absolute Gasteiger partial charge is 0.465 e. The van der Waals surface area contributed by atoms with Crippen molar-refractivity contribution < 1.29 is 15.0 Å². The molecule has 0 aliphatic heterocycles. The number of carboxylic acid groups (broad SMARTS) is 1. The zero-order valence-electron chi connectivity index (χ0n) is 13.7. The van der Waals surface area contributed by atoms with E-state index >= 15 is 0 Å². The van der Waals surface area contributed by atoms with Crippen LogP contribution in [0.3, 0.4) is 0 Å². The lowest BCUT2D eigenvalue weighted by atomic mass is 10.0. The van der Waals surface area contributed by atoms with E-state index in [1.54, 1.807) is 0 Å². The molecule has 0 spiro atoms. The van der Waals surface area contributed by atoms with Crippen LogP contribution in [-0.2, 0) is 6.42 Å². The van der Waals surface area contributed by atoms with Gasteiger partial charge in [0.15, 0.2) is 0 Å². The topological polar surface area (TPSA) is 81.6 Å². The molecule has 0 radical (unpaired) electrons. The van der Waals surface area contributed by atoms with Crippen molar-refractivity contribution in [2.75, 3.05) is 6.54 Å². The highest BCUT2D eigenvalue weighted by Crippen LogP contribution is 2.12. The number of benzene rings is 2. The third kappa shape index (κ3) is 5.68. The molecule has 0 bridgehead atoms. The van der Waals surface area contributed by atoms with Gasteiger partial charge in [-0.1, -0.05) is 60.7 Å². The SMILES string of the molecule is C[C@H](NCC(O)C(Cc1ccccc1)NC(=O)O)c1ccccc1.